The molecule has 2 aromatic carbocycles. The lowest BCUT2D eigenvalue weighted by atomic mass is 10.1. The summed E-state index contributed by atoms with van der Waals surface area (Å²) >= 11 is 0. The Morgan fingerprint density at radius 1 is 1.11 bits per heavy atom. The van der Waals surface area contributed by atoms with Gasteiger partial charge in [0.1, 0.15) is 11.4 Å². The van der Waals surface area contributed by atoms with Gasteiger partial charge in [-0.3, -0.25) is 9.10 Å². The van der Waals surface area contributed by atoms with Crippen molar-refractivity contribution >= 4 is 39.1 Å². The Morgan fingerprint density at radius 2 is 1.78 bits per heavy atom. The fourth-order valence-electron chi connectivity index (χ4n) is 3.32. The molecule has 1 aromatic heterocycles. The van der Waals surface area contributed by atoms with Crippen LogP contribution in [0, 0.1) is 0 Å². The lowest BCUT2D eigenvalue weighted by molar-refractivity contribution is -0.142. The van der Waals surface area contributed by atoms with Gasteiger partial charge in [0.2, 0.25) is 16.0 Å². The number of hydrogen-bond acceptors (Lipinski definition) is 8. The highest BCUT2D eigenvalue weighted by Gasteiger charge is 2.35. The first-order chi connectivity index (χ1) is 17.4. The number of sulfonamides is 1. The predicted octanol–water partition coefficient (Wildman–Crippen LogP) is 4.35. The van der Waals surface area contributed by atoms with Crippen LogP contribution >= 0.6 is 0 Å². The van der Waals surface area contributed by atoms with Crippen molar-refractivity contribution in [2.24, 2.45) is 0 Å². The number of esters is 1. The van der Waals surface area contributed by atoms with Crippen molar-refractivity contribution in [3.63, 3.8) is 0 Å². The van der Waals surface area contributed by atoms with Crippen LogP contribution < -0.4 is 14.9 Å². The van der Waals surface area contributed by atoms with Crippen molar-refractivity contribution in [2.75, 3.05) is 34.8 Å². The first-order valence-electron chi connectivity index (χ1n) is 11.1. The van der Waals surface area contributed by atoms with E-state index in [1.54, 1.807) is 55.5 Å². The molecule has 0 fully saturated rings. The van der Waals surface area contributed by atoms with Gasteiger partial charge >= 0.3 is 12.1 Å². The number of carbonyl (C=O) groups excluding carboxylic acids is 1. The topological polar surface area (TPSA) is 114 Å². The van der Waals surface area contributed by atoms with Crippen LogP contribution in [-0.2, 0) is 38.7 Å². The minimum absolute atomic E-state index is 0.0878. The van der Waals surface area contributed by atoms with Gasteiger partial charge in [-0.05, 0) is 36.2 Å². The molecule has 9 nitrogen and oxygen atoms in total. The summed E-state index contributed by atoms with van der Waals surface area (Å²) in [5, 5.41) is 5.51. The minimum atomic E-state index is -4.72. The van der Waals surface area contributed by atoms with E-state index in [1.165, 1.54) is 7.05 Å². The number of para-hydroxylation sites is 1. The summed E-state index contributed by atoms with van der Waals surface area (Å²) in [5.74, 6) is -0.926. The van der Waals surface area contributed by atoms with Crippen LogP contribution in [-0.4, -0.2) is 44.3 Å². The van der Waals surface area contributed by atoms with Crippen LogP contribution in [0.4, 0.5) is 36.3 Å². The van der Waals surface area contributed by atoms with E-state index in [1.807, 2.05) is 0 Å². The molecule has 3 aromatic rings. The fraction of sp³-hybridized carbons (Fsp3) is 0.292. The van der Waals surface area contributed by atoms with Crippen molar-refractivity contribution in [2.45, 2.75) is 26.1 Å². The molecule has 0 aliphatic rings. The molecule has 198 valence electrons. The molecular formula is C24H26F3N5O4S. The Hall–Kier alpha value is -3.87. The van der Waals surface area contributed by atoms with Crippen LogP contribution in [0.1, 0.15) is 23.6 Å². The molecule has 0 radical (unpaired) electrons. The Labute approximate surface area is 212 Å². The first-order valence-corrected chi connectivity index (χ1v) is 12.9. The molecule has 3 rings (SSSR count). The average Bonchev–Trinajstić information content (AvgIpc) is 2.82. The summed E-state index contributed by atoms with van der Waals surface area (Å²) in [6, 6.07) is 13.1. The summed E-state index contributed by atoms with van der Waals surface area (Å²) in [4.78, 5) is 19.4. The first kappa shape index (κ1) is 27.7. The molecule has 0 saturated carbocycles. The van der Waals surface area contributed by atoms with E-state index in [-0.39, 0.29) is 31.5 Å². The van der Waals surface area contributed by atoms with E-state index < -0.39 is 27.6 Å². The lowest BCUT2D eigenvalue weighted by Gasteiger charge is -2.21. The molecule has 2 N–H and O–H groups in total. The second-order valence-corrected chi connectivity index (χ2v) is 9.98. The highest BCUT2D eigenvalue weighted by Crippen LogP contribution is 2.34. The van der Waals surface area contributed by atoms with Gasteiger partial charge in [0, 0.05) is 25.5 Å². The maximum atomic E-state index is 13.6. The zero-order valence-corrected chi connectivity index (χ0v) is 21.2. The van der Waals surface area contributed by atoms with Gasteiger partial charge in [0.05, 0.1) is 25.0 Å². The number of hydrogen-bond donors (Lipinski definition) is 2. The maximum Gasteiger partial charge on any atom is 0.421 e. The Bertz CT molecular complexity index is 1350. The molecule has 0 aliphatic carbocycles. The van der Waals surface area contributed by atoms with E-state index >= 15 is 0 Å². The average molecular weight is 538 g/mol. The van der Waals surface area contributed by atoms with Crippen molar-refractivity contribution in [3.05, 3.63) is 71.4 Å². The Kier molecular flexibility index (Phi) is 8.58. The van der Waals surface area contributed by atoms with E-state index in [0.29, 0.717) is 28.7 Å². The van der Waals surface area contributed by atoms with E-state index in [0.717, 1.165) is 10.6 Å². The highest BCUT2D eigenvalue weighted by molar-refractivity contribution is 7.92. The molecule has 0 atom stereocenters. The molecule has 1 heterocycles. The van der Waals surface area contributed by atoms with Crippen LogP contribution in [0.5, 0.6) is 0 Å². The van der Waals surface area contributed by atoms with E-state index in [9.17, 15) is 26.4 Å². The molecule has 0 spiro atoms. The van der Waals surface area contributed by atoms with Gasteiger partial charge < -0.3 is 15.4 Å². The third-order valence-electron chi connectivity index (χ3n) is 5.23. The number of carbonyl (C=O) groups is 1. The molecule has 37 heavy (non-hydrogen) atoms. The van der Waals surface area contributed by atoms with Crippen molar-refractivity contribution in [3.8, 4) is 0 Å². The van der Waals surface area contributed by atoms with Gasteiger partial charge in [-0.2, -0.15) is 18.2 Å². The number of aromatic nitrogens is 2. The highest BCUT2D eigenvalue weighted by atomic mass is 32.2. The molecule has 0 amide bonds. The van der Waals surface area contributed by atoms with Crippen LogP contribution in [0.3, 0.4) is 0 Å². The third-order valence-corrected chi connectivity index (χ3v) is 6.42. The zero-order valence-electron chi connectivity index (χ0n) is 20.3. The van der Waals surface area contributed by atoms with Crippen LogP contribution in [0.2, 0.25) is 0 Å². The summed E-state index contributed by atoms with van der Waals surface area (Å²) in [7, 11) is -2.22. The number of nitrogens with one attached hydrogen (secondary N) is 2. The largest absolute Gasteiger partial charge is 0.466 e. The molecular weight excluding hydrogens is 511 g/mol. The molecule has 0 unspecified atom stereocenters. The Morgan fingerprint density at radius 3 is 2.41 bits per heavy atom. The van der Waals surface area contributed by atoms with E-state index in [2.05, 4.69) is 20.6 Å². The number of rotatable bonds is 10. The summed E-state index contributed by atoms with van der Waals surface area (Å²) in [6.45, 7) is 1.86. The van der Waals surface area contributed by atoms with Crippen LogP contribution in [0.25, 0.3) is 0 Å². The second kappa shape index (κ2) is 11.5. The number of anilines is 4. The lowest BCUT2D eigenvalue weighted by Crippen LogP contribution is -2.26. The summed E-state index contributed by atoms with van der Waals surface area (Å²) in [5.41, 5.74) is 0.905. The molecule has 13 heteroatoms. The zero-order chi connectivity index (χ0) is 27.2. The third kappa shape index (κ3) is 7.56. The smallest absolute Gasteiger partial charge is 0.421 e. The monoisotopic (exact) mass is 537 g/mol. The second-order valence-electron chi connectivity index (χ2n) is 7.97. The van der Waals surface area contributed by atoms with Gasteiger partial charge in [-0.1, -0.05) is 30.3 Å². The summed E-state index contributed by atoms with van der Waals surface area (Å²) < 4.78 is 70.8. The van der Waals surface area contributed by atoms with Crippen molar-refractivity contribution in [1.29, 1.82) is 0 Å². The Balaban J connectivity index is 1.82. The number of halogens is 3. The number of ether oxygens (including phenoxy) is 1. The molecule has 0 saturated heterocycles. The standard InChI is InChI=1S/C24H26F3N5O4S/c1-4-36-21(33)13-16-9-11-18(12-10-16)30-23-29-15-19(24(25,26)27)22(31-23)28-14-17-7-5-6-8-20(17)32(2)37(3,34)35/h5-12,15H,4,13-14H2,1-3H3,(H2,28,29,30,31). The predicted molar refractivity (Wildman–Crippen MR) is 134 cm³/mol. The van der Waals surface area contributed by atoms with Crippen molar-refractivity contribution < 1.29 is 31.1 Å². The van der Waals surface area contributed by atoms with Crippen LogP contribution in [0.15, 0.2) is 54.7 Å². The van der Waals surface area contributed by atoms with Gasteiger partial charge in [0.15, 0.2) is 0 Å². The van der Waals surface area contributed by atoms with E-state index in [4.69, 9.17) is 4.74 Å². The summed E-state index contributed by atoms with van der Waals surface area (Å²) in [6.07, 6.45) is -2.93. The van der Waals surface area contributed by atoms with Gasteiger partial charge in [-0.25, -0.2) is 13.4 Å². The minimum Gasteiger partial charge on any atom is -0.466 e. The maximum absolute atomic E-state index is 13.6. The normalized spacial score (nSPS) is 11.6. The van der Waals surface area contributed by atoms with Crippen molar-refractivity contribution in [1.82, 2.24) is 9.97 Å². The fourth-order valence-corrected chi connectivity index (χ4v) is 3.86. The SMILES string of the molecule is CCOC(=O)Cc1ccc(Nc2ncc(C(F)(F)F)c(NCc3ccccc3N(C)S(C)(=O)=O)n2)cc1. The van der Waals surface area contributed by atoms with Gasteiger partial charge in [-0.15, -0.1) is 0 Å². The quantitative estimate of drug-likeness (QED) is 0.367. The number of benzene rings is 2. The number of alkyl halides is 3. The van der Waals surface area contributed by atoms with Gasteiger partial charge in [0.25, 0.3) is 0 Å². The number of nitrogens with zero attached hydrogens (tertiary/aromatic N) is 3. The molecule has 0 aliphatic heterocycles. The molecule has 0 bridgehead atoms.